The topological polar surface area (TPSA) is 29.5 Å². The van der Waals surface area contributed by atoms with Gasteiger partial charge >= 0.3 is 5.97 Å². The van der Waals surface area contributed by atoms with Crippen LogP contribution in [0.1, 0.15) is 35.6 Å². The highest BCUT2D eigenvalue weighted by atomic mass is 79.9. The Labute approximate surface area is 158 Å². The van der Waals surface area contributed by atoms with E-state index >= 15 is 0 Å². The number of unbranched alkanes of at least 4 members (excludes halogenated alkanes) is 1. The summed E-state index contributed by atoms with van der Waals surface area (Å²) in [6.07, 6.45) is 3.19. The summed E-state index contributed by atoms with van der Waals surface area (Å²) >= 11 is 3.48. The second-order valence-corrected chi connectivity index (χ2v) is 7.17. The van der Waals surface area contributed by atoms with Crippen LogP contribution in [0.5, 0.6) is 0 Å². The maximum atomic E-state index is 12.9. The standard InChI is InChI=1S/C21H24BrNO2/c22-13-6-7-14-23-15-12-18-10-4-5-11-19(18)20(23)21(24)25-16-17-8-2-1-3-9-17/h1-5,8-11,20H,6-7,12-16H2/t20-/m0/s1. The first kappa shape index (κ1) is 18.2. The molecule has 0 radical (unpaired) electrons. The smallest absolute Gasteiger partial charge is 0.328 e. The Balaban J connectivity index is 1.74. The predicted molar refractivity (Wildman–Crippen MR) is 104 cm³/mol. The van der Waals surface area contributed by atoms with Crippen LogP contribution in [0.3, 0.4) is 0 Å². The minimum atomic E-state index is -0.288. The van der Waals surface area contributed by atoms with Gasteiger partial charge < -0.3 is 4.74 Å². The third-order valence-corrected chi connectivity index (χ3v) is 5.22. The number of fused-ring (bicyclic) bond motifs is 1. The Morgan fingerprint density at radius 3 is 2.64 bits per heavy atom. The highest BCUT2D eigenvalue weighted by Crippen LogP contribution is 2.31. The van der Waals surface area contributed by atoms with Gasteiger partial charge in [0.05, 0.1) is 0 Å². The van der Waals surface area contributed by atoms with Gasteiger partial charge in [-0.25, -0.2) is 4.79 Å². The number of hydrogen-bond donors (Lipinski definition) is 0. The number of ether oxygens (including phenoxy) is 1. The largest absolute Gasteiger partial charge is 0.459 e. The van der Waals surface area contributed by atoms with E-state index in [1.807, 2.05) is 42.5 Å². The van der Waals surface area contributed by atoms with E-state index in [1.54, 1.807) is 0 Å². The molecule has 0 bridgehead atoms. The van der Waals surface area contributed by atoms with Crippen LogP contribution in [-0.4, -0.2) is 29.3 Å². The van der Waals surface area contributed by atoms with Crippen molar-refractivity contribution in [3.8, 4) is 0 Å². The molecule has 0 fully saturated rings. The molecular formula is C21H24BrNO2. The van der Waals surface area contributed by atoms with E-state index in [2.05, 4.69) is 33.0 Å². The number of alkyl halides is 1. The number of esters is 1. The summed E-state index contributed by atoms with van der Waals surface area (Å²) in [4.78, 5) is 15.2. The van der Waals surface area contributed by atoms with Gasteiger partial charge in [-0.1, -0.05) is 70.5 Å². The second kappa shape index (κ2) is 9.16. The summed E-state index contributed by atoms with van der Waals surface area (Å²) in [5, 5.41) is 1.00. The molecule has 0 unspecified atom stereocenters. The molecule has 2 aromatic rings. The summed E-state index contributed by atoms with van der Waals surface area (Å²) in [6, 6.07) is 17.8. The molecule has 1 aliphatic rings. The minimum absolute atomic E-state index is 0.144. The Kier molecular flexibility index (Phi) is 6.65. The lowest BCUT2D eigenvalue weighted by Gasteiger charge is -2.35. The van der Waals surface area contributed by atoms with Crippen molar-refractivity contribution in [2.24, 2.45) is 0 Å². The summed E-state index contributed by atoms with van der Waals surface area (Å²) < 4.78 is 5.67. The zero-order valence-corrected chi connectivity index (χ0v) is 16.0. The number of halogens is 1. The van der Waals surface area contributed by atoms with Crippen molar-refractivity contribution in [3.63, 3.8) is 0 Å². The monoisotopic (exact) mass is 401 g/mol. The first-order valence-corrected chi connectivity index (χ1v) is 10.00. The van der Waals surface area contributed by atoms with E-state index in [1.165, 1.54) is 5.56 Å². The van der Waals surface area contributed by atoms with Crippen molar-refractivity contribution in [3.05, 3.63) is 71.3 Å². The van der Waals surface area contributed by atoms with Crippen LogP contribution in [0.4, 0.5) is 0 Å². The number of benzene rings is 2. The van der Waals surface area contributed by atoms with E-state index in [4.69, 9.17) is 4.74 Å². The molecule has 0 N–H and O–H groups in total. The van der Waals surface area contributed by atoms with Gasteiger partial charge in [0, 0.05) is 11.9 Å². The summed E-state index contributed by atoms with van der Waals surface area (Å²) in [5.41, 5.74) is 3.39. The van der Waals surface area contributed by atoms with Gasteiger partial charge in [0.15, 0.2) is 0 Å². The van der Waals surface area contributed by atoms with E-state index in [-0.39, 0.29) is 12.0 Å². The van der Waals surface area contributed by atoms with Crippen molar-refractivity contribution in [1.29, 1.82) is 0 Å². The number of rotatable bonds is 7. The number of hydrogen-bond acceptors (Lipinski definition) is 3. The molecule has 0 amide bonds. The van der Waals surface area contributed by atoms with Crippen LogP contribution in [0, 0.1) is 0 Å². The van der Waals surface area contributed by atoms with Crippen LogP contribution in [0.25, 0.3) is 0 Å². The van der Waals surface area contributed by atoms with Crippen LogP contribution in [0.2, 0.25) is 0 Å². The molecule has 2 aromatic carbocycles. The second-order valence-electron chi connectivity index (χ2n) is 6.38. The van der Waals surface area contributed by atoms with Gasteiger partial charge in [0.2, 0.25) is 0 Å². The van der Waals surface area contributed by atoms with Crippen molar-refractivity contribution >= 4 is 21.9 Å². The Bertz CT molecular complexity index is 689. The normalized spacial score (nSPS) is 17.1. The van der Waals surface area contributed by atoms with Crippen LogP contribution in [0.15, 0.2) is 54.6 Å². The molecular weight excluding hydrogens is 378 g/mol. The number of carbonyl (C=O) groups is 1. The van der Waals surface area contributed by atoms with E-state index < -0.39 is 0 Å². The highest BCUT2D eigenvalue weighted by Gasteiger charge is 2.33. The van der Waals surface area contributed by atoms with Gasteiger partial charge in [-0.15, -0.1) is 0 Å². The number of carbonyl (C=O) groups excluding carboxylic acids is 1. The fraction of sp³-hybridized carbons (Fsp3) is 0.381. The maximum Gasteiger partial charge on any atom is 0.328 e. The Morgan fingerprint density at radius 2 is 1.84 bits per heavy atom. The van der Waals surface area contributed by atoms with Gasteiger partial charge in [0.1, 0.15) is 12.6 Å². The lowest BCUT2D eigenvalue weighted by molar-refractivity contribution is -0.152. The zero-order valence-electron chi connectivity index (χ0n) is 14.4. The molecule has 25 heavy (non-hydrogen) atoms. The Hall–Kier alpha value is -1.65. The highest BCUT2D eigenvalue weighted by molar-refractivity contribution is 9.09. The Morgan fingerprint density at radius 1 is 1.08 bits per heavy atom. The molecule has 132 valence electrons. The van der Waals surface area contributed by atoms with E-state index in [0.717, 1.165) is 48.8 Å². The molecule has 0 saturated heterocycles. The van der Waals surface area contributed by atoms with E-state index in [0.29, 0.717) is 6.61 Å². The fourth-order valence-electron chi connectivity index (χ4n) is 3.35. The van der Waals surface area contributed by atoms with Crippen molar-refractivity contribution in [2.45, 2.75) is 31.9 Å². The SMILES string of the molecule is O=C(OCc1ccccc1)[C@@H]1c2ccccc2CCN1CCCCBr. The van der Waals surface area contributed by atoms with Crippen LogP contribution in [-0.2, 0) is 22.6 Å². The predicted octanol–water partition coefficient (Wildman–Crippen LogP) is 4.50. The lowest BCUT2D eigenvalue weighted by Crippen LogP contribution is -2.41. The van der Waals surface area contributed by atoms with Crippen LogP contribution >= 0.6 is 15.9 Å². The minimum Gasteiger partial charge on any atom is -0.459 e. The fourth-order valence-corrected chi connectivity index (χ4v) is 3.75. The van der Waals surface area contributed by atoms with Gasteiger partial charge in [-0.3, -0.25) is 4.90 Å². The van der Waals surface area contributed by atoms with Gasteiger partial charge in [-0.05, 0) is 42.5 Å². The molecule has 3 nitrogen and oxygen atoms in total. The summed E-state index contributed by atoms with van der Waals surface area (Å²) in [5.74, 6) is -0.144. The molecule has 0 spiro atoms. The average molecular weight is 402 g/mol. The summed E-state index contributed by atoms with van der Waals surface area (Å²) in [6.45, 7) is 2.16. The van der Waals surface area contributed by atoms with Gasteiger partial charge in [0.25, 0.3) is 0 Å². The molecule has 1 atom stereocenters. The molecule has 1 heterocycles. The third kappa shape index (κ3) is 4.71. The van der Waals surface area contributed by atoms with E-state index in [9.17, 15) is 4.79 Å². The number of nitrogens with zero attached hydrogens (tertiary/aromatic N) is 1. The summed E-state index contributed by atoms with van der Waals surface area (Å²) in [7, 11) is 0. The van der Waals surface area contributed by atoms with Crippen LogP contribution < -0.4 is 0 Å². The maximum absolute atomic E-state index is 12.9. The molecule has 4 heteroatoms. The zero-order chi connectivity index (χ0) is 17.5. The van der Waals surface area contributed by atoms with Gasteiger partial charge in [-0.2, -0.15) is 0 Å². The third-order valence-electron chi connectivity index (χ3n) is 4.66. The molecule has 0 saturated carbocycles. The van der Waals surface area contributed by atoms with Crippen molar-refractivity contribution in [1.82, 2.24) is 4.90 Å². The first-order valence-electron chi connectivity index (χ1n) is 8.88. The lowest BCUT2D eigenvalue weighted by atomic mass is 9.92. The average Bonchev–Trinajstić information content (AvgIpc) is 2.67. The quantitative estimate of drug-likeness (QED) is 0.388. The molecule has 0 aliphatic carbocycles. The van der Waals surface area contributed by atoms with Crippen molar-refractivity contribution < 1.29 is 9.53 Å². The molecule has 3 rings (SSSR count). The first-order chi connectivity index (χ1) is 12.3. The molecule has 1 aliphatic heterocycles. The molecule has 0 aromatic heterocycles. The van der Waals surface area contributed by atoms with Crippen molar-refractivity contribution in [2.75, 3.05) is 18.4 Å².